The first kappa shape index (κ1) is 18.8. The second-order valence-electron chi connectivity index (χ2n) is 5.37. The second-order valence-corrected chi connectivity index (χ2v) is 5.37. The zero-order chi connectivity index (χ0) is 17.2. The highest BCUT2D eigenvalue weighted by Crippen LogP contribution is 2.43. The molecule has 0 aromatic heterocycles. The van der Waals surface area contributed by atoms with Crippen molar-refractivity contribution < 1.29 is 31.1 Å². The Bertz CT molecular complexity index is 476. The normalized spacial score (nSPS) is 17.1. The first-order valence-corrected chi connectivity index (χ1v) is 6.78. The quantitative estimate of drug-likeness (QED) is 0.643. The fourth-order valence-corrected chi connectivity index (χ4v) is 1.92. The molecule has 126 valence electrons. The molecule has 1 aromatic rings. The van der Waals surface area contributed by atoms with Crippen LogP contribution in [0.3, 0.4) is 0 Å². The van der Waals surface area contributed by atoms with Gasteiger partial charge in [0.15, 0.2) is 5.60 Å². The monoisotopic (exact) mass is 328 g/mol. The molecule has 0 amide bonds. The van der Waals surface area contributed by atoms with Crippen LogP contribution in [-0.2, 0) is 10.3 Å². The predicted molar refractivity (Wildman–Crippen MR) is 70.6 cm³/mol. The summed E-state index contributed by atoms with van der Waals surface area (Å²) in [5.41, 5.74) is -2.53. The topological polar surface area (TPSA) is 9.23 Å². The Labute approximate surface area is 125 Å². The van der Waals surface area contributed by atoms with Crippen LogP contribution >= 0.6 is 0 Å². The van der Waals surface area contributed by atoms with Gasteiger partial charge in [-0.2, -0.15) is 26.3 Å². The summed E-state index contributed by atoms with van der Waals surface area (Å²) in [7, 11) is 0. The summed E-state index contributed by atoms with van der Waals surface area (Å²) >= 11 is 0. The van der Waals surface area contributed by atoms with Crippen molar-refractivity contribution in [1.29, 1.82) is 0 Å². The summed E-state index contributed by atoms with van der Waals surface area (Å²) in [6, 6.07) is 5.32. The van der Waals surface area contributed by atoms with Gasteiger partial charge in [0, 0.05) is 0 Å². The van der Waals surface area contributed by atoms with Gasteiger partial charge in [-0.25, -0.2) is 0 Å². The molecule has 0 bridgehead atoms. The predicted octanol–water partition coefficient (Wildman–Crippen LogP) is 5.56. The number of alkyl halides is 6. The average molecular weight is 328 g/mol. The highest BCUT2D eigenvalue weighted by atomic mass is 19.4. The molecular weight excluding hydrogens is 310 g/mol. The third-order valence-electron chi connectivity index (χ3n) is 3.71. The number of hydrogen-bond acceptors (Lipinski definition) is 1. The summed E-state index contributed by atoms with van der Waals surface area (Å²) in [6.45, 7) is 2.50. The van der Waals surface area contributed by atoms with E-state index >= 15 is 0 Å². The second kappa shape index (κ2) is 6.48. The van der Waals surface area contributed by atoms with Gasteiger partial charge in [0.2, 0.25) is 0 Å². The molecule has 2 unspecified atom stereocenters. The van der Waals surface area contributed by atoms with Crippen molar-refractivity contribution in [2.45, 2.75) is 51.1 Å². The van der Waals surface area contributed by atoms with Gasteiger partial charge in [0.05, 0.1) is 0 Å². The van der Waals surface area contributed by atoms with Crippen molar-refractivity contribution in [3.63, 3.8) is 0 Å². The SMILES string of the molecule is CCC(C)c1ccc(C(C)(OCC(F)(F)F)C(F)(F)F)cc1. The van der Waals surface area contributed by atoms with Crippen LogP contribution in [0.25, 0.3) is 0 Å². The maximum absolute atomic E-state index is 13.2. The van der Waals surface area contributed by atoms with Crippen LogP contribution in [0.5, 0.6) is 0 Å². The van der Waals surface area contributed by atoms with E-state index in [4.69, 9.17) is 0 Å². The molecule has 0 saturated heterocycles. The van der Waals surface area contributed by atoms with E-state index in [9.17, 15) is 26.3 Å². The van der Waals surface area contributed by atoms with Gasteiger partial charge >= 0.3 is 12.4 Å². The van der Waals surface area contributed by atoms with E-state index in [0.717, 1.165) is 12.0 Å². The van der Waals surface area contributed by atoms with E-state index in [0.29, 0.717) is 6.92 Å². The summed E-state index contributed by atoms with van der Waals surface area (Å²) in [5, 5.41) is 0. The standard InChI is InChI=1S/C15H18F6O/c1-4-10(2)11-5-7-12(8-6-11)13(3,15(19,20)21)22-9-14(16,17)18/h5-8,10H,4,9H2,1-3H3. The van der Waals surface area contributed by atoms with Crippen molar-refractivity contribution >= 4 is 0 Å². The number of hydrogen-bond donors (Lipinski definition) is 0. The summed E-state index contributed by atoms with van der Waals surface area (Å²) in [6.07, 6.45) is -8.99. The Morgan fingerprint density at radius 3 is 1.86 bits per heavy atom. The lowest BCUT2D eigenvalue weighted by Gasteiger charge is -2.33. The van der Waals surface area contributed by atoms with Crippen molar-refractivity contribution in [3.8, 4) is 0 Å². The molecule has 0 N–H and O–H groups in total. The maximum Gasteiger partial charge on any atom is 0.421 e. The minimum absolute atomic E-state index is 0.155. The fourth-order valence-electron chi connectivity index (χ4n) is 1.92. The minimum Gasteiger partial charge on any atom is -0.352 e. The molecular formula is C15H18F6O. The smallest absolute Gasteiger partial charge is 0.352 e. The Kier molecular flexibility index (Phi) is 5.54. The molecule has 0 aliphatic heterocycles. The summed E-state index contributed by atoms with van der Waals surface area (Å²) in [5.74, 6) is 0.155. The zero-order valence-corrected chi connectivity index (χ0v) is 12.5. The van der Waals surface area contributed by atoms with Crippen molar-refractivity contribution in [2.75, 3.05) is 6.61 Å². The molecule has 7 heteroatoms. The van der Waals surface area contributed by atoms with Crippen molar-refractivity contribution in [3.05, 3.63) is 35.4 Å². The molecule has 1 nitrogen and oxygen atoms in total. The van der Waals surface area contributed by atoms with Crippen LogP contribution in [0.1, 0.15) is 44.2 Å². The molecule has 0 saturated carbocycles. The van der Waals surface area contributed by atoms with Crippen LogP contribution in [0, 0.1) is 0 Å². The van der Waals surface area contributed by atoms with Gasteiger partial charge in [-0.3, -0.25) is 0 Å². The van der Waals surface area contributed by atoms with E-state index in [2.05, 4.69) is 4.74 Å². The Hall–Kier alpha value is -1.24. The molecule has 0 aliphatic rings. The molecule has 0 aliphatic carbocycles. The number of benzene rings is 1. The fraction of sp³-hybridized carbons (Fsp3) is 0.600. The lowest BCUT2D eigenvalue weighted by molar-refractivity contribution is -0.303. The Balaban J connectivity index is 3.12. The molecule has 0 fully saturated rings. The number of halogens is 6. The van der Waals surface area contributed by atoms with Gasteiger partial charge in [-0.15, -0.1) is 0 Å². The number of rotatable bonds is 5. The van der Waals surface area contributed by atoms with Crippen LogP contribution in [0.2, 0.25) is 0 Å². The van der Waals surface area contributed by atoms with Crippen LogP contribution in [0.15, 0.2) is 24.3 Å². The average Bonchev–Trinajstić information content (AvgIpc) is 2.42. The first-order chi connectivity index (χ1) is 9.90. The lowest BCUT2D eigenvalue weighted by Crippen LogP contribution is -2.44. The third-order valence-corrected chi connectivity index (χ3v) is 3.71. The Morgan fingerprint density at radius 2 is 1.50 bits per heavy atom. The van der Waals surface area contributed by atoms with Crippen molar-refractivity contribution in [2.24, 2.45) is 0 Å². The van der Waals surface area contributed by atoms with Crippen LogP contribution < -0.4 is 0 Å². The summed E-state index contributed by atoms with van der Waals surface area (Å²) < 4.78 is 80.5. The molecule has 2 atom stereocenters. The van der Waals surface area contributed by atoms with E-state index < -0.39 is 24.6 Å². The van der Waals surface area contributed by atoms with Crippen molar-refractivity contribution in [1.82, 2.24) is 0 Å². The van der Waals surface area contributed by atoms with Gasteiger partial charge in [0.1, 0.15) is 6.61 Å². The van der Waals surface area contributed by atoms with E-state index in [1.165, 1.54) is 24.3 Å². The molecule has 0 heterocycles. The van der Waals surface area contributed by atoms with Crippen LogP contribution in [-0.4, -0.2) is 19.0 Å². The minimum atomic E-state index is -4.96. The van der Waals surface area contributed by atoms with Gasteiger partial charge in [-0.05, 0) is 30.4 Å². The molecule has 0 radical (unpaired) electrons. The van der Waals surface area contributed by atoms with Crippen LogP contribution in [0.4, 0.5) is 26.3 Å². The molecule has 1 rings (SSSR count). The Morgan fingerprint density at radius 1 is 1.00 bits per heavy atom. The zero-order valence-electron chi connectivity index (χ0n) is 12.5. The van der Waals surface area contributed by atoms with E-state index in [-0.39, 0.29) is 11.5 Å². The molecule has 0 spiro atoms. The van der Waals surface area contributed by atoms with E-state index in [1.54, 1.807) is 0 Å². The third kappa shape index (κ3) is 4.38. The highest BCUT2D eigenvalue weighted by molar-refractivity contribution is 5.30. The molecule has 22 heavy (non-hydrogen) atoms. The first-order valence-electron chi connectivity index (χ1n) is 6.78. The maximum atomic E-state index is 13.2. The highest BCUT2D eigenvalue weighted by Gasteiger charge is 2.55. The number of ether oxygens (including phenoxy) is 1. The lowest BCUT2D eigenvalue weighted by atomic mass is 9.91. The largest absolute Gasteiger partial charge is 0.421 e. The van der Waals surface area contributed by atoms with Gasteiger partial charge in [0.25, 0.3) is 0 Å². The summed E-state index contributed by atoms with van der Waals surface area (Å²) in [4.78, 5) is 0. The molecule has 1 aromatic carbocycles. The van der Waals surface area contributed by atoms with Gasteiger partial charge < -0.3 is 4.74 Å². The van der Waals surface area contributed by atoms with E-state index in [1.807, 2.05) is 13.8 Å². The van der Waals surface area contributed by atoms with Gasteiger partial charge in [-0.1, -0.05) is 38.1 Å².